The molecule has 0 aromatic rings. The summed E-state index contributed by atoms with van der Waals surface area (Å²) in [6.45, 7) is 10.0. The second-order valence-corrected chi connectivity index (χ2v) is 6.49. The van der Waals surface area contributed by atoms with Crippen LogP contribution in [0.5, 0.6) is 0 Å². The molecule has 3 atom stereocenters. The second-order valence-electron chi connectivity index (χ2n) is 6.49. The van der Waals surface area contributed by atoms with Gasteiger partial charge in [0.1, 0.15) is 11.6 Å². The lowest BCUT2D eigenvalue weighted by molar-refractivity contribution is -0.161. The molecule has 2 N–H and O–H groups in total. The lowest BCUT2D eigenvalue weighted by Crippen LogP contribution is -2.47. The monoisotopic (exact) mass is 241 g/mol. The average Bonchev–Trinajstić information content (AvgIpc) is 2.15. The number of carbonyl (C=O) groups excluding carboxylic acids is 1. The van der Waals surface area contributed by atoms with E-state index in [0.717, 1.165) is 12.8 Å². The molecular formula is C14H27NO2. The van der Waals surface area contributed by atoms with Gasteiger partial charge in [-0.2, -0.15) is 0 Å². The zero-order chi connectivity index (χ0) is 13.2. The second kappa shape index (κ2) is 5.38. The molecule has 3 heteroatoms. The zero-order valence-electron chi connectivity index (χ0n) is 11.8. The topological polar surface area (TPSA) is 52.3 Å². The highest BCUT2D eigenvalue weighted by Gasteiger charge is 2.35. The molecule has 3 unspecified atom stereocenters. The molecule has 0 spiro atoms. The van der Waals surface area contributed by atoms with Gasteiger partial charge in [0.25, 0.3) is 0 Å². The third kappa shape index (κ3) is 3.98. The molecule has 0 aliphatic heterocycles. The Balaban J connectivity index is 2.67. The van der Waals surface area contributed by atoms with Crippen LogP contribution in [-0.2, 0) is 9.53 Å². The van der Waals surface area contributed by atoms with E-state index in [9.17, 15) is 4.79 Å². The molecular weight excluding hydrogens is 214 g/mol. The number of carbonyl (C=O) groups is 1. The summed E-state index contributed by atoms with van der Waals surface area (Å²) < 4.78 is 5.64. The maximum atomic E-state index is 11.9. The van der Waals surface area contributed by atoms with Gasteiger partial charge in [0.2, 0.25) is 0 Å². The van der Waals surface area contributed by atoms with Gasteiger partial charge in [-0.05, 0) is 44.4 Å². The van der Waals surface area contributed by atoms with Crippen LogP contribution in [0, 0.1) is 17.8 Å². The molecule has 0 amide bonds. The molecule has 0 aromatic carbocycles. The Morgan fingerprint density at radius 2 is 1.94 bits per heavy atom. The van der Waals surface area contributed by atoms with Crippen LogP contribution in [0.25, 0.3) is 0 Å². The number of ether oxygens (including phenoxy) is 1. The predicted octanol–water partition coefficient (Wildman–Crippen LogP) is 2.73. The van der Waals surface area contributed by atoms with Gasteiger partial charge in [0, 0.05) is 0 Å². The first-order valence-corrected chi connectivity index (χ1v) is 6.71. The van der Waals surface area contributed by atoms with Crippen molar-refractivity contribution in [3.8, 4) is 0 Å². The molecule has 0 heterocycles. The Morgan fingerprint density at radius 1 is 1.35 bits per heavy atom. The number of nitrogens with two attached hydrogens (primary N) is 1. The minimum atomic E-state index is -0.887. The van der Waals surface area contributed by atoms with Crippen molar-refractivity contribution in [3.05, 3.63) is 0 Å². The Kier molecular flexibility index (Phi) is 4.59. The minimum absolute atomic E-state index is 0.0501. The zero-order valence-corrected chi connectivity index (χ0v) is 11.8. The smallest absolute Gasteiger partial charge is 0.325 e. The van der Waals surface area contributed by atoms with Crippen LogP contribution >= 0.6 is 0 Å². The highest BCUT2D eigenvalue weighted by molar-refractivity contribution is 5.79. The number of hydrogen-bond donors (Lipinski definition) is 1. The first-order valence-electron chi connectivity index (χ1n) is 6.71. The Morgan fingerprint density at radius 3 is 2.41 bits per heavy atom. The summed E-state index contributed by atoms with van der Waals surface area (Å²) in [6, 6.07) is 0. The summed E-state index contributed by atoms with van der Waals surface area (Å²) in [7, 11) is 0. The van der Waals surface area contributed by atoms with Crippen molar-refractivity contribution in [1.82, 2.24) is 0 Å². The fourth-order valence-corrected chi connectivity index (χ4v) is 2.54. The van der Waals surface area contributed by atoms with Crippen molar-refractivity contribution in [3.63, 3.8) is 0 Å². The van der Waals surface area contributed by atoms with Gasteiger partial charge in [-0.25, -0.2) is 0 Å². The summed E-state index contributed by atoms with van der Waals surface area (Å²) >= 11 is 0. The number of hydrogen-bond acceptors (Lipinski definition) is 3. The fraction of sp³-hybridized carbons (Fsp3) is 0.929. The molecule has 0 radical (unpaired) electrons. The van der Waals surface area contributed by atoms with Crippen LogP contribution in [-0.4, -0.2) is 17.6 Å². The molecule has 1 aliphatic carbocycles. The summed E-state index contributed by atoms with van der Waals surface area (Å²) in [6.07, 6.45) is 3.42. The van der Waals surface area contributed by atoms with E-state index < -0.39 is 5.54 Å². The molecule has 100 valence electrons. The normalized spacial score (nSPS) is 30.4. The van der Waals surface area contributed by atoms with Gasteiger partial charge in [-0.1, -0.05) is 27.2 Å². The Bertz CT molecular complexity index is 268. The standard InChI is InChI=1S/C14H27NO2/c1-9(2)11-7-6-10(3)8-12(11)17-13(16)14(4,5)15/h9-12H,6-8,15H2,1-5H3. The lowest BCUT2D eigenvalue weighted by atomic mass is 9.75. The highest BCUT2D eigenvalue weighted by Crippen LogP contribution is 2.35. The largest absolute Gasteiger partial charge is 0.461 e. The van der Waals surface area contributed by atoms with Gasteiger partial charge < -0.3 is 10.5 Å². The lowest BCUT2D eigenvalue weighted by Gasteiger charge is -2.37. The van der Waals surface area contributed by atoms with Gasteiger partial charge in [-0.15, -0.1) is 0 Å². The van der Waals surface area contributed by atoms with Crippen LogP contribution in [0.2, 0.25) is 0 Å². The summed E-state index contributed by atoms with van der Waals surface area (Å²) in [5, 5.41) is 0. The van der Waals surface area contributed by atoms with Gasteiger partial charge in [0.15, 0.2) is 0 Å². The molecule has 0 bridgehead atoms. The van der Waals surface area contributed by atoms with E-state index in [2.05, 4.69) is 20.8 Å². The van der Waals surface area contributed by atoms with E-state index in [4.69, 9.17) is 10.5 Å². The van der Waals surface area contributed by atoms with Crippen LogP contribution in [0.1, 0.15) is 53.9 Å². The van der Waals surface area contributed by atoms with Crippen molar-refractivity contribution in [2.75, 3.05) is 0 Å². The first-order chi connectivity index (χ1) is 7.71. The molecule has 1 fully saturated rings. The summed E-state index contributed by atoms with van der Waals surface area (Å²) in [5.74, 6) is 1.41. The van der Waals surface area contributed by atoms with Crippen LogP contribution in [0.3, 0.4) is 0 Å². The average molecular weight is 241 g/mol. The highest BCUT2D eigenvalue weighted by atomic mass is 16.5. The third-order valence-corrected chi connectivity index (χ3v) is 3.75. The van der Waals surface area contributed by atoms with Crippen LogP contribution in [0.15, 0.2) is 0 Å². The van der Waals surface area contributed by atoms with Gasteiger partial charge >= 0.3 is 5.97 Å². The van der Waals surface area contributed by atoms with E-state index in [1.807, 2.05) is 0 Å². The van der Waals surface area contributed by atoms with Crippen molar-refractivity contribution >= 4 is 5.97 Å². The van der Waals surface area contributed by atoms with Crippen LogP contribution in [0.4, 0.5) is 0 Å². The molecule has 3 nitrogen and oxygen atoms in total. The molecule has 1 aliphatic rings. The maximum Gasteiger partial charge on any atom is 0.325 e. The first kappa shape index (κ1) is 14.5. The summed E-state index contributed by atoms with van der Waals surface area (Å²) in [4.78, 5) is 11.9. The van der Waals surface area contributed by atoms with Gasteiger partial charge in [0.05, 0.1) is 0 Å². The number of esters is 1. The van der Waals surface area contributed by atoms with Crippen molar-refractivity contribution in [1.29, 1.82) is 0 Å². The molecule has 0 aromatic heterocycles. The van der Waals surface area contributed by atoms with E-state index in [1.165, 1.54) is 6.42 Å². The number of rotatable bonds is 3. The third-order valence-electron chi connectivity index (χ3n) is 3.75. The van der Waals surface area contributed by atoms with E-state index in [0.29, 0.717) is 17.8 Å². The maximum absolute atomic E-state index is 11.9. The predicted molar refractivity (Wildman–Crippen MR) is 69.5 cm³/mol. The summed E-state index contributed by atoms with van der Waals surface area (Å²) in [5.41, 5.74) is 4.89. The van der Waals surface area contributed by atoms with E-state index in [1.54, 1.807) is 13.8 Å². The van der Waals surface area contributed by atoms with Crippen molar-refractivity contribution in [2.45, 2.75) is 65.5 Å². The molecule has 17 heavy (non-hydrogen) atoms. The van der Waals surface area contributed by atoms with Crippen LogP contribution < -0.4 is 5.73 Å². The quantitative estimate of drug-likeness (QED) is 0.773. The molecule has 1 rings (SSSR count). The minimum Gasteiger partial charge on any atom is -0.461 e. The molecule has 1 saturated carbocycles. The Hall–Kier alpha value is -0.570. The van der Waals surface area contributed by atoms with E-state index in [-0.39, 0.29) is 12.1 Å². The van der Waals surface area contributed by atoms with Gasteiger partial charge in [-0.3, -0.25) is 4.79 Å². The SMILES string of the molecule is CC1CCC(C(C)C)C(OC(=O)C(C)(C)N)C1. The molecule has 0 saturated heterocycles. The fourth-order valence-electron chi connectivity index (χ4n) is 2.54. The Labute approximate surface area is 105 Å². The van der Waals surface area contributed by atoms with Crippen molar-refractivity contribution in [2.24, 2.45) is 23.5 Å². The van der Waals surface area contributed by atoms with E-state index >= 15 is 0 Å². The van der Waals surface area contributed by atoms with Crippen molar-refractivity contribution < 1.29 is 9.53 Å².